The van der Waals surface area contributed by atoms with Gasteiger partial charge in [-0.05, 0) is 24.3 Å². The van der Waals surface area contributed by atoms with Crippen molar-refractivity contribution in [3.8, 4) is 5.75 Å². The third kappa shape index (κ3) is 3.69. The predicted molar refractivity (Wildman–Crippen MR) is 62.3 cm³/mol. The largest absolute Gasteiger partial charge is 0.573 e. The minimum Gasteiger partial charge on any atom is -0.530 e. The van der Waals surface area contributed by atoms with E-state index in [1.54, 1.807) is 0 Å². The fourth-order valence-corrected chi connectivity index (χ4v) is 2.01. The van der Waals surface area contributed by atoms with Gasteiger partial charge < -0.3 is 24.4 Å². The van der Waals surface area contributed by atoms with Crippen molar-refractivity contribution in [2.45, 2.75) is 6.36 Å². The van der Waals surface area contributed by atoms with Crippen molar-refractivity contribution >= 4 is 11.8 Å². The number of hydrogen-bond donors (Lipinski definition) is 0. The summed E-state index contributed by atoms with van der Waals surface area (Å²) in [5.74, 6) is -0.283. The fraction of sp³-hybridized carbons (Fsp3) is 0.417. The molecule has 0 bridgehead atoms. The molecule has 0 radical (unpaired) electrons. The summed E-state index contributed by atoms with van der Waals surface area (Å²) < 4.78 is 39.8. The monoisotopic (exact) mass is 289 g/mol. The molecule has 1 heterocycles. The van der Waals surface area contributed by atoms with Crippen LogP contribution < -0.4 is 14.7 Å². The molecule has 1 aliphatic heterocycles. The second kappa shape index (κ2) is 5.48. The highest BCUT2D eigenvalue weighted by atomic mass is 19.4. The molecular weight excluding hydrogens is 277 g/mol. The summed E-state index contributed by atoms with van der Waals surface area (Å²) in [6.45, 7) is 1.55. The van der Waals surface area contributed by atoms with Gasteiger partial charge in [-0.1, -0.05) is 0 Å². The van der Waals surface area contributed by atoms with Crippen LogP contribution >= 0.6 is 0 Å². The molecule has 1 aromatic rings. The molecule has 0 unspecified atom stereocenters. The highest BCUT2D eigenvalue weighted by Gasteiger charge is 2.31. The number of carbonyl (C=O) groups excluding carboxylic acids is 1. The first-order chi connectivity index (χ1) is 9.35. The number of carbonyl (C=O) groups is 1. The highest BCUT2D eigenvalue weighted by molar-refractivity contribution is 5.63. The van der Waals surface area contributed by atoms with Gasteiger partial charge in [-0.15, -0.1) is 13.2 Å². The summed E-state index contributed by atoms with van der Waals surface area (Å²) in [5.41, 5.74) is 0.720. The molecule has 0 saturated carbocycles. The number of piperazine rings is 1. The van der Waals surface area contributed by atoms with Crippen LogP contribution in [0.25, 0.3) is 0 Å². The number of carboxylic acid groups (broad SMARTS) is 1. The number of anilines is 1. The Morgan fingerprint density at radius 2 is 1.65 bits per heavy atom. The third-order valence-corrected chi connectivity index (χ3v) is 2.97. The molecular formula is C12H12F3N2O3-. The molecule has 0 aromatic heterocycles. The van der Waals surface area contributed by atoms with E-state index < -0.39 is 12.5 Å². The second-order valence-electron chi connectivity index (χ2n) is 4.28. The maximum Gasteiger partial charge on any atom is 0.573 e. The molecule has 0 atom stereocenters. The van der Waals surface area contributed by atoms with Gasteiger partial charge in [-0.25, -0.2) is 0 Å². The Morgan fingerprint density at radius 1 is 1.10 bits per heavy atom. The molecule has 5 nitrogen and oxygen atoms in total. The normalized spacial score (nSPS) is 16.1. The van der Waals surface area contributed by atoms with Crippen molar-refractivity contribution in [2.75, 3.05) is 31.1 Å². The number of benzene rings is 1. The molecule has 0 N–H and O–H groups in total. The van der Waals surface area contributed by atoms with E-state index in [-0.39, 0.29) is 5.75 Å². The third-order valence-electron chi connectivity index (χ3n) is 2.97. The maximum absolute atomic E-state index is 12.0. The maximum atomic E-state index is 12.0. The second-order valence-corrected chi connectivity index (χ2v) is 4.28. The van der Waals surface area contributed by atoms with E-state index in [2.05, 4.69) is 4.74 Å². The van der Waals surface area contributed by atoms with Crippen LogP contribution in [0.2, 0.25) is 0 Å². The Balaban J connectivity index is 1.96. The number of halogens is 3. The van der Waals surface area contributed by atoms with Gasteiger partial charge in [0.15, 0.2) is 0 Å². The first-order valence-electron chi connectivity index (χ1n) is 5.92. The van der Waals surface area contributed by atoms with Crippen molar-refractivity contribution in [3.63, 3.8) is 0 Å². The molecule has 1 saturated heterocycles. The lowest BCUT2D eigenvalue weighted by Gasteiger charge is -2.37. The van der Waals surface area contributed by atoms with E-state index in [1.165, 1.54) is 29.2 Å². The zero-order valence-electron chi connectivity index (χ0n) is 10.4. The molecule has 2 rings (SSSR count). The van der Waals surface area contributed by atoms with E-state index >= 15 is 0 Å². The molecule has 1 aliphatic rings. The molecule has 110 valence electrons. The average molecular weight is 289 g/mol. The molecule has 0 spiro atoms. The van der Waals surface area contributed by atoms with Crippen LogP contribution in [-0.4, -0.2) is 43.5 Å². The van der Waals surface area contributed by atoms with Gasteiger partial charge in [-0.3, -0.25) is 0 Å². The van der Waals surface area contributed by atoms with E-state index in [4.69, 9.17) is 0 Å². The Bertz CT molecular complexity index is 468. The van der Waals surface area contributed by atoms with Crippen LogP contribution in [0.3, 0.4) is 0 Å². The summed E-state index contributed by atoms with van der Waals surface area (Å²) in [4.78, 5) is 13.7. The number of alkyl halides is 3. The Hall–Kier alpha value is -2.12. The molecule has 1 aromatic carbocycles. The van der Waals surface area contributed by atoms with Crippen LogP contribution in [0.4, 0.5) is 23.7 Å². The van der Waals surface area contributed by atoms with Gasteiger partial charge in [0, 0.05) is 31.9 Å². The average Bonchev–Trinajstić information content (AvgIpc) is 2.38. The summed E-state index contributed by atoms with van der Waals surface area (Å²) in [5, 5.41) is 10.6. The molecule has 1 amide bonds. The van der Waals surface area contributed by atoms with Crippen LogP contribution in [0, 0.1) is 0 Å². The van der Waals surface area contributed by atoms with Crippen molar-refractivity contribution in [1.29, 1.82) is 0 Å². The quantitative estimate of drug-likeness (QED) is 0.816. The van der Waals surface area contributed by atoms with Crippen LogP contribution in [0.5, 0.6) is 5.75 Å². The Morgan fingerprint density at radius 3 is 2.10 bits per heavy atom. The zero-order chi connectivity index (χ0) is 14.8. The molecule has 1 fully saturated rings. The highest BCUT2D eigenvalue weighted by Crippen LogP contribution is 2.25. The lowest BCUT2D eigenvalue weighted by molar-refractivity contribution is -0.274. The van der Waals surface area contributed by atoms with E-state index in [0.29, 0.717) is 26.2 Å². The van der Waals surface area contributed by atoms with Gasteiger partial charge in [0.25, 0.3) is 0 Å². The zero-order valence-corrected chi connectivity index (χ0v) is 10.4. The van der Waals surface area contributed by atoms with Gasteiger partial charge >= 0.3 is 6.36 Å². The summed E-state index contributed by atoms with van der Waals surface area (Å²) in [6.07, 6.45) is -5.92. The number of nitrogens with zero attached hydrogens (tertiary/aromatic N) is 2. The van der Waals surface area contributed by atoms with Gasteiger partial charge in [-0.2, -0.15) is 0 Å². The molecule has 20 heavy (non-hydrogen) atoms. The topological polar surface area (TPSA) is 55.8 Å². The number of hydrogen-bond acceptors (Lipinski definition) is 4. The van der Waals surface area contributed by atoms with Gasteiger partial charge in [0.1, 0.15) is 11.8 Å². The minimum absolute atomic E-state index is 0.283. The van der Waals surface area contributed by atoms with Crippen molar-refractivity contribution in [3.05, 3.63) is 24.3 Å². The Kier molecular flexibility index (Phi) is 3.91. The van der Waals surface area contributed by atoms with Crippen LogP contribution in [-0.2, 0) is 0 Å². The lowest BCUT2D eigenvalue weighted by Crippen LogP contribution is -2.52. The number of amides is 1. The lowest BCUT2D eigenvalue weighted by atomic mass is 10.2. The molecule has 8 heteroatoms. The van der Waals surface area contributed by atoms with Crippen LogP contribution in [0.1, 0.15) is 0 Å². The van der Waals surface area contributed by atoms with Crippen molar-refractivity contribution in [1.82, 2.24) is 4.90 Å². The fourth-order valence-electron chi connectivity index (χ4n) is 2.01. The standard InChI is InChI=1S/C12H13F3N2O3/c13-12(14,15)20-10-3-1-9(2-4-10)16-5-7-17(8-6-16)11(18)19/h1-4H,5-8H2,(H,18,19)/p-1. The van der Waals surface area contributed by atoms with Gasteiger partial charge in [0.05, 0.1) is 0 Å². The van der Waals surface area contributed by atoms with E-state index in [9.17, 15) is 23.1 Å². The first kappa shape index (κ1) is 14.3. The van der Waals surface area contributed by atoms with Crippen molar-refractivity contribution in [2.24, 2.45) is 0 Å². The van der Waals surface area contributed by atoms with Crippen LogP contribution in [0.15, 0.2) is 24.3 Å². The summed E-state index contributed by atoms with van der Waals surface area (Å²) in [7, 11) is 0. The smallest absolute Gasteiger partial charge is 0.530 e. The van der Waals surface area contributed by atoms with Crippen molar-refractivity contribution < 1.29 is 27.8 Å². The minimum atomic E-state index is -4.71. The number of ether oxygens (including phenoxy) is 1. The van der Waals surface area contributed by atoms with E-state index in [0.717, 1.165) is 5.69 Å². The van der Waals surface area contributed by atoms with E-state index in [1.807, 2.05) is 4.90 Å². The SMILES string of the molecule is O=C([O-])N1CCN(c2ccc(OC(F)(F)F)cc2)CC1. The predicted octanol–water partition coefficient (Wildman–Crippen LogP) is 1.05. The number of rotatable bonds is 2. The summed E-state index contributed by atoms with van der Waals surface area (Å²) >= 11 is 0. The first-order valence-corrected chi connectivity index (χ1v) is 5.92. The van der Waals surface area contributed by atoms with Gasteiger partial charge in [0.2, 0.25) is 0 Å². The Labute approximate surface area is 113 Å². The molecule has 0 aliphatic carbocycles. The summed E-state index contributed by atoms with van der Waals surface area (Å²) in [6, 6.07) is 5.48.